The van der Waals surface area contributed by atoms with E-state index in [1.165, 1.54) is 5.56 Å². The van der Waals surface area contributed by atoms with Gasteiger partial charge in [-0.1, -0.05) is 37.3 Å². The average Bonchev–Trinajstić information content (AvgIpc) is 2.45. The van der Waals surface area contributed by atoms with Crippen LogP contribution < -0.4 is 5.32 Å². The third-order valence-corrected chi connectivity index (χ3v) is 3.22. The zero-order valence-electron chi connectivity index (χ0n) is 11.2. The summed E-state index contributed by atoms with van der Waals surface area (Å²) in [5, 5.41) is 3.06. The Balaban J connectivity index is 1.92. The Kier molecular flexibility index (Phi) is 4.79. The van der Waals surface area contributed by atoms with Crippen molar-refractivity contribution in [2.24, 2.45) is 0 Å². The van der Waals surface area contributed by atoms with Gasteiger partial charge in [-0.15, -0.1) is 0 Å². The summed E-state index contributed by atoms with van der Waals surface area (Å²) in [7, 11) is 0. The van der Waals surface area contributed by atoms with Gasteiger partial charge in [0.25, 0.3) is 0 Å². The van der Waals surface area contributed by atoms with Crippen LogP contribution in [-0.4, -0.2) is 6.54 Å². The summed E-state index contributed by atoms with van der Waals surface area (Å²) < 4.78 is 39.3. The molecular weight excluding hydrogens is 263 g/mol. The molecule has 1 unspecified atom stereocenters. The van der Waals surface area contributed by atoms with Crippen LogP contribution in [-0.2, 0) is 6.54 Å². The van der Waals surface area contributed by atoms with Crippen molar-refractivity contribution in [1.29, 1.82) is 0 Å². The number of nitrogens with one attached hydrogen (secondary N) is 1. The number of benzene rings is 2. The Labute approximate surface area is 116 Å². The fraction of sp³-hybridized carbons (Fsp3) is 0.250. The van der Waals surface area contributed by atoms with Gasteiger partial charge in [0.05, 0.1) is 0 Å². The molecule has 0 saturated heterocycles. The number of halogens is 3. The van der Waals surface area contributed by atoms with E-state index in [0.717, 1.165) is 6.07 Å². The van der Waals surface area contributed by atoms with Crippen LogP contribution in [0.2, 0.25) is 0 Å². The summed E-state index contributed by atoms with van der Waals surface area (Å²) in [6, 6.07) is 11.4. The number of hydrogen-bond donors (Lipinski definition) is 1. The van der Waals surface area contributed by atoms with Crippen molar-refractivity contribution in [3.05, 3.63) is 71.0 Å². The van der Waals surface area contributed by atoms with Gasteiger partial charge in [-0.05, 0) is 17.5 Å². The molecular formula is C16H16F3N. The molecule has 0 aromatic heterocycles. The van der Waals surface area contributed by atoms with Crippen molar-refractivity contribution in [3.8, 4) is 0 Å². The molecule has 0 spiro atoms. The molecule has 2 aromatic rings. The summed E-state index contributed by atoms with van der Waals surface area (Å²) in [4.78, 5) is 0. The molecule has 1 atom stereocenters. The zero-order chi connectivity index (χ0) is 14.5. The Bertz CT molecular complexity index is 569. The molecule has 0 heterocycles. The van der Waals surface area contributed by atoms with Gasteiger partial charge in [0.15, 0.2) is 11.6 Å². The van der Waals surface area contributed by atoms with Crippen LogP contribution in [0.4, 0.5) is 13.2 Å². The lowest BCUT2D eigenvalue weighted by atomic mass is 10.0. The van der Waals surface area contributed by atoms with Crippen LogP contribution >= 0.6 is 0 Å². The quantitative estimate of drug-likeness (QED) is 0.816. The molecule has 0 radical (unpaired) electrons. The molecule has 0 aliphatic carbocycles. The minimum absolute atomic E-state index is 0.129. The number of rotatable bonds is 5. The third kappa shape index (κ3) is 3.61. The second-order valence-corrected chi connectivity index (χ2v) is 4.80. The van der Waals surface area contributed by atoms with Gasteiger partial charge >= 0.3 is 0 Å². The first-order chi connectivity index (χ1) is 9.58. The first-order valence-corrected chi connectivity index (χ1v) is 6.47. The summed E-state index contributed by atoms with van der Waals surface area (Å²) in [6.45, 7) is 2.84. The van der Waals surface area contributed by atoms with Gasteiger partial charge in [-0.2, -0.15) is 0 Å². The average molecular weight is 279 g/mol. The molecule has 0 fully saturated rings. The van der Waals surface area contributed by atoms with Crippen LogP contribution in [0.25, 0.3) is 0 Å². The highest BCUT2D eigenvalue weighted by molar-refractivity contribution is 5.21. The van der Waals surface area contributed by atoms with Gasteiger partial charge in [0.1, 0.15) is 5.82 Å². The van der Waals surface area contributed by atoms with E-state index in [0.29, 0.717) is 12.6 Å². The van der Waals surface area contributed by atoms with Crippen molar-refractivity contribution in [3.63, 3.8) is 0 Å². The zero-order valence-corrected chi connectivity index (χ0v) is 11.2. The van der Waals surface area contributed by atoms with E-state index in [9.17, 15) is 13.2 Å². The van der Waals surface area contributed by atoms with Crippen LogP contribution in [0.5, 0.6) is 0 Å². The van der Waals surface area contributed by atoms with Crippen molar-refractivity contribution < 1.29 is 13.2 Å². The van der Waals surface area contributed by atoms with Crippen molar-refractivity contribution >= 4 is 0 Å². The summed E-state index contributed by atoms with van der Waals surface area (Å²) in [5.74, 6) is -2.67. The molecule has 2 aromatic carbocycles. The van der Waals surface area contributed by atoms with Gasteiger partial charge in [-0.3, -0.25) is 0 Å². The lowest BCUT2D eigenvalue weighted by Gasteiger charge is -2.13. The Hall–Kier alpha value is -1.81. The Morgan fingerprint density at radius 1 is 0.950 bits per heavy atom. The first kappa shape index (κ1) is 14.6. The summed E-state index contributed by atoms with van der Waals surface area (Å²) in [6.07, 6.45) is 0. The maximum Gasteiger partial charge on any atom is 0.161 e. The van der Waals surface area contributed by atoms with E-state index in [2.05, 4.69) is 5.32 Å². The van der Waals surface area contributed by atoms with Gasteiger partial charge < -0.3 is 5.32 Å². The molecule has 4 heteroatoms. The fourth-order valence-corrected chi connectivity index (χ4v) is 2.02. The summed E-state index contributed by atoms with van der Waals surface area (Å²) in [5.41, 5.74) is 1.30. The smallest absolute Gasteiger partial charge is 0.161 e. The lowest BCUT2D eigenvalue weighted by Crippen LogP contribution is -2.20. The normalized spacial score (nSPS) is 12.4. The van der Waals surface area contributed by atoms with E-state index in [-0.39, 0.29) is 18.0 Å². The highest BCUT2D eigenvalue weighted by Gasteiger charge is 2.10. The second kappa shape index (κ2) is 6.57. The van der Waals surface area contributed by atoms with E-state index >= 15 is 0 Å². The first-order valence-electron chi connectivity index (χ1n) is 6.47. The van der Waals surface area contributed by atoms with E-state index in [1.54, 1.807) is 0 Å². The van der Waals surface area contributed by atoms with E-state index in [4.69, 9.17) is 0 Å². The monoisotopic (exact) mass is 279 g/mol. The van der Waals surface area contributed by atoms with E-state index < -0.39 is 17.5 Å². The second-order valence-electron chi connectivity index (χ2n) is 4.80. The van der Waals surface area contributed by atoms with Gasteiger partial charge in [-0.25, -0.2) is 13.2 Å². The molecule has 2 rings (SSSR count). The van der Waals surface area contributed by atoms with Crippen LogP contribution in [0, 0.1) is 17.5 Å². The molecule has 0 saturated carbocycles. The standard InChI is InChI=1S/C16H16F3N/c1-11(12-5-3-2-4-6-12)9-20-10-13-7-15(18)16(19)8-14(13)17/h2-8,11,20H,9-10H2,1H3. The molecule has 0 bridgehead atoms. The molecule has 1 N–H and O–H groups in total. The maximum absolute atomic E-state index is 13.4. The van der Waals surface area contributed by atoms with Crippen molar-refractivity contribution in [2.75, 3.05) is 6.54 Å². The van der Waals surface area contributed by atoms with Crippen LogP contribution in [0.3, 0.4) is 0 Å². The van der Waals surface area contributed by atoms with Crippen molar-refractivity contribution in [1.82, 2.24) is 5.32 Å². The van der Waals surface area contributed by atoms with Gasteiger partial charge in [0.2, 0.25) is 0 Å². The highest BCUT2D eigenvalue weighted by Crippen LogP contribution is 2.15. The largest absolute Gasteiger partial charge is 0.312 e. The molecule has 1 nitrogen and oxygen atoms in total. The topological polar surface area (TPSA) is 12.0 Å². The van der Waals surface area contributed by atoms with Crippen molar-refractivity contribution in [2.45, 2.75) is 19.4 Å². The molecule has 106 valence electrons. The predicted octanol–water partition coefficient (Wildman–Crippen LogP) is 4.00. The predicted molar refractivity (Wildman–Crippen MR) is 72.9 cm³/mol. The molecule has 0 amide bonds. The maximum atomic E-state index is 13.4. The minimum atomic E-state index is -1.16. The fourth-order valence-electron chi connectivity index (χ4n) is 2.02. The minimum Gasteiger partial charge on any atom is -0.312 e. The lowest BCUT2D eigenvalue weighted by molar-refractivity contribution is 0.485. The Morgan fingerprint density at radius 3 is 2.30 bits per heavy atom. The molecule has 0 aliphatic rings. The van der Waals surface area contributed by atoms with Gasteiger partial charge in [0, 0.05) is 24.7 Å². The SMILES string of the molecule is CC(CNCc1cc(F)c(F)cc1F)c1ccccc1. The summed E-state index contributed by atoms with van der Waals surface area (Å²) >= 11 is 0. The molecule has 20 heavy (non-hydrogen) atoms. The third-order valence-electron chi connectivity index (χ3n) is 3.22. The van der Waals surface area contributed by atoms with E-state index in [1.807, 2.05) is 37.3 Å². The Morgan fingerprint density at radius 2 is 1.60 bits per heavy atom. The van der Waals surface area contributed by atoms with Crippen LogP contribution in [0.1, 0.15) is 24.0 Å². The number of hydrogen-bond acceptors (Lipinski definition) is 1. The molecule has 0 aliphatic heterocycles. The highest BCUT2D eigenvalue weighted by atomic mass is 19.2. The van der Waals surface area contributed by atoms with Crippen LogP contribution in [0.15, 0.2) is 42.5 Å².